The van der Waals surface area contributed by atoms with Gasteiger partial charge in [0.05, 0.1) is 0 Å². The van der Waals surface area contributed by atoms with Crippen LogP contribution in [0.5, 0.6) is 0 Å². The van der Waals surface area contributed by atoms with E-state index >= 15 is 0 Å². The summed E-state index contributed by atoms with van der Waals surface area (Å²) in [5.41, 5.74) is 0. The summed E-state index contributed by atoms with van der Waals surface area (Å²) in [6.07, 6.45) is 0. The van der Waals surface area contributed by atoms with Gasteiger partial charge in [-0.1, -0.05) is 6.07 Å². The fourth-order valence-electron chi connectivity index (χ4n) is 2.47. The van der Waals surface area contributed by atoms with E-state index < -0.39 is 0 Å². The first kappa shape index (κ1) is 13.1. The molecule has 0 amide bonds. The van der Waals surface area contributed by atoms with Crippen molar-refractivity contribution in [3.05, 3.63) is 18.2 Å². The first-order chi connectivity index (χ1) is 8.61. The van der Waals surface area contributed by atoms with Crippen LogP contribution in [0.3, 0.4) is 0 Å². The lowest BCUT2D eigenvalue weighted by atomic mass is 10.1. The van der Waals surface area contributed by atoms with Crippen molar-refractivity contribution >= 4 is 11.6 Å². The Kier molecular flexibility index (Phi) is 4.07. The van der Waals surface area contributed by atoms with Crippen LogP contribution in [0, 0.1) is 0 Å². The lowest BCUT2D eigenvalue weighted by Gasteiger charge is -2.43. The molecule has 4 heteroatoms. The summed E-state index contributed by atoms with van der Waals surface area (Å²) in [7, 11) is 2.20. The van der Waals surface area contributed by atoms with E-state index in [9.17, 15) is 0 Å². The summed E-state index contributed by atoms with van der Waals surface area (Å²) in [5, 5.41) is 3.27. The number of aromatic nitrogens is 1. The van der Waals surface area contributed by atoms with Crippen LogP contribution in [0.4, 0.5) is 11.6 Å². The zero-order chi connectivity index (χ0) is 13.1. The topological polar surface area (TPSA) is 31.4 Å². The molecule has 100 valence electrons. The average molecular weight is 248 g/mol. The third kappa shape index (κ3) is 2.75. The number of nitrogens with one attached hydrogen (secondary N) is 1. The fourth-order valence-corrected chi connectivity index (χ4v) is 2.47. The van der Waals surface area contributed by atoms with Gasteiger partial charge in [0.1, 0.15) is 11.6 Å². The number of likely N-dealkylation sites (N-methyl/N-ethyl adjacent to an activating group) is 1. The van der Waals surface area contributed by atoms with Gasteiger partial charge in [-0.2, -0.15) is 0 Å². The van der Waals surface area contributed by atoms with E-state index in [2.05, 4.69) is 60.1 Å². The van der Waals surface area contributed by atoms with Crippen LogP contribution < -0.4 is 10.2 Å². The van der Waals surface area contributed by atoms with Crippen LogP contribution in [0.1, 0.15) is 20.8 Å². The highest BCUT2D eigenvalue weighted by molar-refractivity contribution is 5.47. The number of hydrogen-bond acceptors (Lipinski definition) is 4. The fraction of sp³-hybridized carbons (Fsp3) is 0.643. The molecule has 1 aromatic heterocycles. The summed E-state index contributed by atoms with van der Waals surface area (Å²) in [6.45, 7) is 9.64. The van der Waals surface area contributed by atoms with Crippen molar-refractivity contribution in [2.75, 3.05) is 36.9 Å². The quantitative estimate of drug-likeness (QED) is 0.887. The zero-order valence-corrected chi connectivity index (χ0v) is 11.8. The van der Waals surface area contributed by atoms with E-state index in [1.54, 1.807) is 0 Å². The molecule has 0 aliphatic carbocycles. The smallest absolute Gasteiger partial charge is 0.131 e. The molecule has 0 aromatic carbocycles. The van der Waals surface area contributed by atoms with Gasteiger partial charge in [-0.15, -0.1) is 0 Å². The molecular formula is C14H24N4. The van der Waals surface area contributed by atoms with Gasteiger partial charge >= 0.3 is 0 Å². The Morgan fingerprint density at radius 3 is 2.56 bits per heavy atom. The number of hydrogen-bond donors (Lipinski definition) is 1. The Hall–Kier alpha value is -1.29. The largest absolute Gasteiger partial charge is 0.370 e. The van der Waals surface area contributed by atoms with Gasteiger partial charge < -0.3 is 10.2 Å². The molecule has 1 aliphatic heterocycles. The van der Waals surface area contributed by atoms with E-state index in [1.807, 2.05) is 6.07 Å². The lowest BCUT2D eigenvalue weighted by Crippen LogP contribution is -2.55. The molecule has 1 N–H and O–H groups in total. The maximum Gasteiger partial charge on any atom is 0.131 e. The van der Waals surface area contributed by atoms with Crippen molar-refractivity contribution in [1.82, 2.24) is 9.88 Å². The normalized spacial score (nSPS) is 25.2. The standard InChI is InChI=1S/C14H24N4/c1-5-15-13-7-6-8-14(16-13)18-9-11(2)17(4)12(3)10-18/h6-8,11-12H,5,9-10H2,1-4H3,(H,15,16). The molecule has 2 atom stereocenters. The Morgan fingerprint density at radius 2 is 1.94 bits per heavy atom. The van der Waals surface area contributed by atoms with Gasteiger partial charge in [0.15, 0.2) is 0 Å². The Labute approximate surface area is 110 Å². The van der Waals surface area contributed by atoms with E-state index in [-0.39, 0.29) is 0 Å². The zero-order valence-electron chi connectivity index (χ0n) is 11.8. The lowest BCUT2D eigenvalue weighted by molar-refractivity contribution is 0.169. The molecule has 18 heavy (non-hydrogen) atoms. The third-order valence-electron chi connectivity index (χ3n) is 3.78. The summed E-state index contributed by atoms with van der Waals surface area (Å²) >= 11 is 0. The number of anilines is 2. The summed E-state index contributed by atoms with van der Waals surface area (Å²) in [5.74, 6) is 2.05. The van der Waals surface area contributed by atoms with E-state index in [0.717, 1.165) is 31.3 Å². The first-order valence-corrected chi connectivity index (χ1v) is 6.79. The molecule has 0 spiro atoms. The maximum atomic E-state index is 4.68. The molecule has 0 radical (unpaired) electrons. The second kappa shape index (κ2) is 5.57. The number of pyridine rings is 1. The minimum atomic E-state index is 0.568. The van der Waals surface area contributed by atoms with Gasteiger partial charge in [0.25, 0.3) is 0 Å². The molecule has 1 aromatic rings. The molecule has 0 saturated carbocycles. The number of piperazine rings is 1. The second-order valence-electron chi connectivity index (χ2n) is 5.18. The minimum Gasteiger partial charge on any atom is -0.370 e. The van der Waals surface area contributed by atoms with Crippen LogP contribution in [-0.2, 0) is 0 Å². The highest BCUT2D eigenvalue weighted by Crippen LogP contribution is 2.20. The third-order valence-corrected chi connectivity index (χ3v) is 3.78. The molecule has 4 nitrogen and oxygen atoms in total. The molecule has 1 aliphatic rings. The van der Waals surface area contributed by atoms with Crippen molar-refractivity contribution in [3.63, 3.8) is 0 Å². The highest BCUT2D eigenvalue weighted by atomic mass is 15.3. The average Bonchev–Trinajstić information content (AvgIpc) is 2.36. The summed E-state index contributed by atoms with van der Waals surface area (Å²) in [6, 6.07) is 7.34. The molecular weight excluding hydrogens is 224 g/mol. The first-order valence-electron chi connectivity index (χ1n) is 6.79. The molecule has 2 rings (SSSR count). The van der Waals surface area contributed by atoms with Gasteiger partial charge in [-0.25, -0.2) is 4.98 Å². The van der Waals surface area contributed by atoms with E-state index in [0.29, 0.717) is 12.1 Å². The van der Waals surface area contributed by atoms with Crippen molar-refractivity contribution in [2.45, 2.75) is 32.9 Å². The Morgan fingerprint density at radius 1 is 1.28 bits per heavy atom. The Bertz CT molecular complexity index is 381. The van der Waals surface area contributed by atoms with Gasteiger partial charge in [-0.3, -0.25) is 4.90 Å². The van der Waals surface area contributed by atoms with Crippen LogP contribution in [-0.4, -0.2) is 48.6 Å². The van der Waals surface area contributed by atoms with Crippen molar-refractivity contribution in [3.8, 4) is 0 Å². The number of rotatable bonds is 3. The summed E-state index contributed by atoms with van der Waals surface area (Å²) in [4.78, 5) is 9.50. The van der Waals surface area contributed by atoms with Crippen molar-refractivity contribution < 1.29 is 0 Å². The Balaban J connectivity index is 2.13. The van der Waals surface area contributed by atoms with Crippen molar-refractivity contribution in [1.29, 1.82) is 0 Å². The van der Waals surface area contributed by atoms with Crippen LogP contribution >= 0.6 is 0 Å². The summed E-state index contributed by atoms with van der Waals surface area (Å²) < 4.78 is 0. The van der Waals surface area contributed by atoms with E-state index in [1.165, 1.54) is 0 Å². The molecule has 1 saturated heterocycles. The molecule has 1 fully saturated rings. The monoisotopic (exact) mass is 248 g/mol. The SMILES string of the molecule is CCNc1cccc(N2CC(C)N(C)C(C)C2)n1. The van der Waals surface area contributed by atoms with Crippen LogP contribution in [0.15, 0.2) is 18.2 Å². The molecule has 2 heterocycles. The highest BCUT2D eigenvalue weighted by Gasteiger charge is 2.27. The second-order valence-corrected chi connectivity index (χ2v) is 5.18. The molecule has 2 unspecified atom stereocenters. The van der Waals surface area contributed by atoms with Gasteiger partial charge in [0.2, 0.25) is 0 Å². The van der Waals surface area contributed by atoms with Crippen molar-refractivity contribution in [2.24, 2.45) is 0 Å². The minimum absolute atomic E-state index is 0.568. The van der Waals surface area contributed by atoms with Gasteiger partial charge in [-0.05, 0) is 40.0 Å². The maximum absolute atomic E-state index is 4.68. The molecule has 0 bridgehead atoms. The number of nitrogens with zero attached hydrogens (tertiary/aromatic N) is 3. The predicted octanol–water partition coefficient (Wildman–Crippen LogP) is 2.04. The van der Waals surface area contributed by atoms with E-state index in [4.69, 9.17) is 0 Å². The predicted molar refractivity (Wildman–Crippen MR) is 77.3 cm³/mol. The van der Waals surface area contributed by atoms with Gasteiger partial charge in [0, 0.05) is 31.7 Å². The van der Waals surface area contributed by atoms with Crippen LogP contribution in [0.25, 0.3) is 0 Å². The van der Waals surface area contributed by atoms with Crippen LogP contribution in [0.2, 0.25) is 0 Å².